The van der Waals surface area contributed by atoms with E-state index in [-0.39, 0.29) is 0 Å². The fourth-order valence-corrected chi connectivity index (χ4v) is 2.79. The molecule has 1 N–H and O–H groups in total. The van der Waals surface area contributed by atoms with Gasteiger partial charge in [-0.1, -0.05) is 26.7 Å². The number of hydrogen-bond acceptors (Lipinski definition) is 2. The average molecular weight is 280 g/mol. The highest BCUT2D eigenvalue weighted by molar-refractivity contribution is 7.71. The van der Waals surface area contributed by atoms with Crippen molar-refractivity contribution >= 4 is 23.4 Å². The molecule has 2 heterocycles. The Hall–Kier alpha value is -1.10. The first-order valence-electron chi connectivity index (χ1n) is 7.20. The van der Waals surface area contributed by atoms with E-state index < -0.39 is 0 Å². The smallest absolute Gasteiger partial charge is 0.179 e. The summed E-state index contributed by atoms with van der Waals surface area (Å²) < 4.78 is 5.07. The van der Waals surface area contributed by atoms with Crippen LogP contribution in [0.1, 0.15) is 45.7 Å². The molecule has 19 heavy (non-hydrogen) atoms. The Bertz CT molecular complexity index is 603. The molecule has 2 aromatic rings. The van der Waals surface area contributed by atoms with Crippen LogP contribution in [0.4, 0.5) is 0 Å². The van der Waals surface area contributed by atoms with Crippen LogP contribution in [0.5, 0.6) is 0 Å². The molecule has 2 rings (SSSR count). The fraction of sp³-hybridized carbons (Fsp3) is 0.714. The van der Waals surface area contributed by atoms with Crippen LogP contribution in [0.3, 0.4) is 0 Å². The molecule has 0 fully saturated rings. The van der Waals surface area contributed by atoms with Crippen LogP contribution in [-0.2, 0) is 13.1 Å². The van der Waals surface area contributed by atoms with Crippen molar-refractivity contribution < 1.29 is 0 Å². The first-order valence-corrected chi connectivity index (χ1v) is 7.61. The van der Waals surface area contributed by atoms with Crippen LogP contribution in [0.15, 0.2) is 0 Å². The van der Waals surface area contributed by atoms with Gasteiger partial charge in [-0.2, -0.15) is 5.10 Å². The first kappa shape index (κ1) is 14.3. The number of aromatic amines is 1. The molecule has 0 spiro atoms. The largest absolute Gasteiger partial charge is 0.328 e. The highest BCUT2D eigenvalue weighted by Crippen LogP contribution is 2.19. The maximum absolute atomic E-state index is 5.44. The fourth-order valence-electron chi connectivity index (χ4n) is 2.51. The Morgan fingerprint density at radius 3 is 2.68 bits per heavy atom. The Morgan fingerprint density at radius 1 is 1.32 bits per heavy atom. The molecular formula is C14H24N4S. The van der Waals surface area contributed by atoms with Gasteiger partial charge in [0, 0.05) is 13.1 Å². The van der Waals surface area contributed by atoms with Crippen molar-refractivity contribution in [1.29, 1.82) is 0 Å². The molecule has 0 unspecified atom stereocenters. The Labute approximate surface area is 119 Å². The normalized spacial score (nSPS) is 11.8. The van der Waals surface area contributed by atoms with Gasteiger partial charge < -0.3 is 9.55 Å². The number of imidazole rings is 1. The SMILES string of the molecule is CCn1nc(C)c2[nH]c(=S)n(CCCCC(C)C)c21. The van der Waals surface area contributed by atoms with E-state index in [0.29, 0.717) is 0 Å². The van der Waals surface area contributed by atoms with E-state index in [1.807, 2.05) is 11.6 Å². The summed E-state index contributed by atoms with van der Waals surface area (Å²) in [6, 6.07) is 0. The van der Waals surface area contributed by atoms with E-state index in [1.54, 1.807) is 0 Å². The summed E-state index contributed by atoms with van der Waals surface area (Å²) >= 11 is 5.44. The number of rotatable bonds is 6. The molecule has 0 radical (unpaired) electrons. The predicted molar refractivity (Wildman–Crippen MR) is 82.0 cm³/mol. The van der Waals surface area contributed by atoms with Gasteiger partial charge in [-0.15, -0.1) is 0 Å². The maximum atomic E-state index is 5.44. The van der Waals surface area contributed by atoms with Crippen molar-refractivity contribution in [2.24, 2.45) is 5.92 Å². The molecule has 0 bridgehead atoms. The number of unbranched alkanes of at least 4 members (excludes halogenated alkanes) is 1. The van der Waals surface area contributed by atoms with E-state index in [9.17, 15) is 0 Å². The molecule has 0 saturated carbocycles. The molecule has 0 atom stereocenters. The van der Waals surface area contributed by atoms with Crippen molar-refractivity contribution in [3.05, 3.63) is 10.5 Å². The molecule has 2 aromatic heterocycles. The second-order valence-electron chi connectivity index (χ2n) is 5.57. The number of fused-ring (bicyclic) bond motifs is 1. The zero-order chi connectivity index (χ0) is 14.0. The van der Waals surface area contributed by atoms with Crippen molar-refractivity contribution in [3.63, 3.8) is 0 Å². The third-order valence-electron chi connectivity index (χ3n) is 3.55. The molecule has 0 amide bonds. The molecule has 106 valence electrons. The van der Waals surface area contributed by atoms with E-state index in [0.717, 1.165) is 40.6 Å². The standard InChI is InChI=1S/C14H24N4S/c1-5-18-13-12(11(4)16-18)15-14(19)17(13)9-7-6-8-10(2)3/h10H,5-9H2,1-4H3,(H,15,19). The van der Waals surface area contributed by atoms with E-state index in [4.69, 9.17) is 12.2 Å². The maximum Gasteiger partial charge on any atom is 0.179 e. The van der Waals surface area contributed by atoms with Crippen LogP contribution in [0.2, 0.25) is 0 Å². The zero-order valence-electron chi connectivity index (χ0n) is 12.4. The minimum absolute atomic E-state index is 0.780. The van der Waals surface area contributed by atoms with Gasteiger partial charge in [0.2, 0.25) is 0 Å². The van der Waals surface area contributed by atoms with Gasteiger partial charge in [0.15, 0.2) is 10.4 Å². The number of aryl methyl sites for hydroxylation is 3. The number of aromatic nitrogens is 4. The Balaban J connectivity index is 2.22. The molecule has 0 aliphatic heterocycles. The molecule has 5 heteroatoms. The summed E-state index contributed by atoms with van der Waals surface area (Å²) in [4.78, 5) is 3.29. The Kier molecular flexibility index (Phi) is 4.45. The van der Waals surface area contributed by atoms with Gasteiger partial charge in [0.25, 0.3) is 0 Å². The number of hydrogen-bond donors (Lipinski definition) is 1. The second kappa shape index (κ2) is 5.90. The van der Waals surface area contributed by atoms with Crippen LogP contribution in [0.25, 0.3) is 11.2 Å². The molecule has 0 aliphatic rings. The topological polar surface area (TPSA) is 38.5 Å². The molecule has 0 saturated heterocycles. The van der Waals surface area contributed by atoms with Crippen molar-refractivity contribution in [1.82, 2.24) is 19.3 Å². The molecule has 0 aliphatic carbocycles. The van der Waals surface area contributed by atoms with E-state index in [2.05, 4.69) is 35.4 Å². The molecule has 4 nitrogen and oxygen atoms in total. The number of nitrogens with zero attached hydrogens (tertiary/aromatic N) is 3. The van der Waals surface area contributed by atoms with Crippen molar-refractivity contribution in [2.75, 3.05) is 0 Å². The van der Waals surface area contributed by atoms with Gasteiger partial charge in [-0.25, -0.2) is 4.68 Å². The summed E-state index contributed by atoms with van der Waals surface area (Å²) in [7, 11) is 0. The van der Waals surface area contributed by atoms with Gasteiger partial charge in [0.05, 0.1) is 5.69 Å². The van der Waals surface area contributed by atoms with Crippen molar-refractivity contribution in [3.8, 4) is 0 Å². The minimum atomic E-state index is 0.780. The lowest BCUT2D eigenvalue weighted by atomic mass is 10.1. The first-order chi connectivity index (χ1) is 9.04. The van der Waals surface area contributed by atoms with Gasteiger partial charge in [0.1, 0.15) is 5.52 Å². The summed E-state index contributed by atoms with van der Waals surface area (Å²) in [5.41, 5.74) is 3.27. The highest BCUT2D eigenvalue weighted by atomic mass is 32.1. The highest BCUT2D eigenvalue weighted by Gasteiger charge is 2.13. The Morgan fingerprint density at radius 2 is 2.05 bits per heavy atom. The zero-order valence-corrected chi connectivity index (χ0v) is 13.2. The predicted octanol–water partition coefficient (Wildman–Crippen LogP) is 4.05. The van der Waals surface area contributed by atoms with Crippen LogP contribution >= 0.6 is 12.2 Å². The van der Waals surface area contributed by atoms with Crippen LogP contribution < -0.4 is 0 Å². The third-order valence-corrected chi connectivity index (χ3v) is 3.87. The van der Waals surface area contributed by atoms with E-state index in [1.165, 1.54) is 19.3 Å². The monoisotopic (exact) mass is 280 g/mol. The van der Waals surface area contributed by atoms with Gasteiger partial charge in [-0.3, -0.25) is 0 Å². The van der Waals surface area contributed by atoms with Gasteiger partial charge in [-0.05, 0) is 38.4 Å². The lowest BCUT2D eigenvalue weighted by molar-refractivity contribution is 0.506. The van der Waals surface area contributed by atoms with Crippen molar-refractivity contribution in [2.45, 2.75) is 60.0 Å². The van der Waals surface area contributed by atoms with Gasteiger partial charge >= 0.3 is 0 Å². The summed E-state index contributed by atoms with van der Waals surface area (Å²) in [5.74, 6) is 0.780. The summed E-state index contributed by atoms with van der Waals surface area (Å²) in [5, 5.41) is 4.54. The quantitative estimate of drug-likeness (QED) is 0.640. The molecule has 0 aromatic carbocycles. The lowest BCUT2D eigenvalue weighted by Crippen LogP contribution is -2.05. The van der Waals surface area contributed by atoms with Crippen LogP contribution in [-0.4, -0.2) is 19.3 Å². The van der Waals surface area contributed by atoms with E-state index >= 15 is 0 Å². The third kappa shape index (κ3) is 2.91. The second-order valence-corrected chi connectivity index (χ2v) is 5.96. The summed E-state index contributed by atoms with van der Waals surface area (Å²) in [6.45, 7) is 10.6. The summed E-state index contributed by atoms with van der Waals surface area (Å²) in [6.07, 6.45) is 3.71. The van der Waals surface area contributed by atoms with Crippen LogP contribution in [0, 0.1) is 17.6 Å². The molecular weight excluding hydrogens is 256 g/mol. The number of H-pyrrole nitrogens is 1. The minimum Gasteiger partial charge on any atom is -0.328 e. The lowest BCUT2D eigenvalue weighted by Gasteiger charge is -2.07. The number of nitrogens with one attached hydrogen (secondary N) is 1. The average Bonchev–Trinajstić information content (AvgIpc) is 2.83.